The van der Waals surface area contributed by atoms with Crippen LogP contribution in [0.2, 0.25) is 0 Å². The number of nitriles is 1. The lowest BCUT2D eigenvalue weighted by Crippen LogP contribution is -2.45. The summed E-state index contributed by atoms with van der Waals surface area (Å²) in [4.78, 5) is 6.99. The Kier molecular flexibility index (Phi) is 7.97. The molecule has 1 unspecified atom stereocenters. The van der Waals surface area contributed by atoms with Crippen LogP contribution in [0.25, 0.3) is 0 Å². The SMILES string of the molecule is CN=C(NCc1cccc(C#N)c1)NC1CCN(C2CCCC2)C1.I. The first-order chi connectivity index (χ1) is 11.8. The second-order valence-corrected chi connectivity index (χ2v) is 6.80. The van der Waals surface area contributed by atoms with Gasteiger partial charge in [-0.2, -0.15) is 5.26 Å². The van der Waals surface area contributed by atoms with E-state index in [4.69, 9.17) is 5.26 Å². The summed E-state index contributed by atoms with van der Waals surface area (Å²) >= 11 is 0. The van der Waals surface area contributed by atoms with Gasteiger partial charge in [-0.15, -0.1) is 24.0 Å². The fraction of sp³-hybridized carbons (Fsp3) is 0.579. The van der Waals surface area contributed by atoms with Gasteiger partial charge < -0.3 is 10.6 Å². The molecule has 0 aromatic heterocycles. The standard InChI is InChI=1S/C19H27N5.HI/c1-21-19(22-13-16-6-4-5-15(11-16)12-20)23-17-9-10-24(14-17)18-7-2-3-8-18;/h4-6,11,17-18H,2-3,7-10,13-14H2,1H3,(H2,21,22,23);1H. The second kappa shape index (κ2) is 9.97. The van der Waals surface area contributed by atoms with Crippen LogP contribution in [0.4, 0.5) is 0 Å². The van der Waals surface area contributed by atoms with Gasteiger partial charge in [0.25, 0.3) is 0 Å². The van der Waals surface area contributed by atoms with Crippen molar-refractivity contribution in [3.8, 4) is 6.07 Å². The normalized spacial score (nSPS) is 21.6. The van der Waals surface area contributed by atoms with Gasteiger partial charge in [0.05, 0.1) is 11.6 Å². The summed E-state index contributed by atoms with van der Waals surface area (Å²) in [6.45, 7) is 2.99. The topological polar surface area (TPSA) is 63.5 Å². The van der Waals surface area contributed by atoms with Gasteiger partial charge >= 0.3 is 0 Å². The first-order valence-electron chi connectivity index (χ1n) is 8.99. The lowest BCUT2D eigenvalue weighted by Gasteiger charge is -2.24. The molecule has 1 atom stereocenters. The monoisotopic (exact) mass is 453 g/mol. The molecule has 0 radical (unpaired) electrons. The first-order valence-corrected chi connectivity index (χ1v) is 8.99. The molecule has 1 aromatic carbocycles. The molecule has 1 saturated carbocycles. The van der Waals surface area contributed by atoms with Crippen LogP contribution in [0.5, 0.6) is 0 Å². The Morgan fingerprint density at radius 3 is 2.84 bits per heavy atom. The summed E-state index contributed by atoms with van der Waals surface area (Å²) in [5.41, 5.74) is 1.79. The van der Waals surface area contributed by atoms with Gasteiger partial charge in [0.1, 0.15) is 0 Å². The van der Waals surface area contributed by atoms with Crippen molar-refractivity contribution in [3.05, 3.63) is 35.4 Å². The third-order valence-corrected chi connectivity index (χ3v) is 5.14. The van der Waals surface area contributed by atoms with E-state index in [0.717, 1.165) is 24.1 Å². The molecule has 25 heavy (non-hydrogen) atoms. The van der Waals surface area contributed by atoms with Crippen molar-refractivity contribution in [2.24, 2.45) is 4.99 Å². The van der Waals surface area contributed by atoms with E-state index in [2.05, 4.69) is 26.6 Å². The van der Waals surface area contributed by atoms with Gasteiger partial charge in [-0.1, -0.05) is 25.0 Å². The fourth-order valence-electron chi connectivity index (χ4n) is 3.83. The number of hydrogen-bond donors (Lipinski definition) is 2. The number of likely N-dealkylation sites (tertiary alicyclic amines) is 1. The van der Waals surface area contributed by atoms with Gasteiger partial charge in [0.15, 0.2) is 5.96 Å². The van der Waals surface area contributed by atoms with E-state index in [1.165, 1.54) is 38.6 Å². The van der Waals surface area contributed by atoms with E-state index in [9.17, 15) is 0 Å². The number of halogens is 1. The minimum absolute atomic E-state index is 0. The maximum absolute atomic E-state index is 8.98. The van der Waals surface area contributed by atoms with Gasteiger partial charge in [0, 0.05) is 38.8 Å². The minimum atomic E-state index is 0. The minimum Gasteiger partial charge on any atom is -0.352 e. The molecule has 1 saturated heterocycles. The Morgan fingerprint density at radius 1 is 1.32 bits per heavy atom. The number of aliphatic imine (C=N–C) groups is 1. The van der Waals surface area contributed by atoms with Crippen molar-refractivity contribution in [1.29, 1.82) is 5.26 Å². The van der Waals surface area contributed by atoms with E-state index in [1.54, 1.807) is 0 Å². The first kappa shape index (κ1) is 20.0. The van der Waals surface area contributed by atoms with E-state index in [0.29, 0.717) is 18.2 Å². The maximum atomic E-state index is 8.98. The smallest absolute Gasteiger partial charge is 0.191 e. The number of hydrogen-bond acceptors (Lipinski definition) is 3. The summed E-state index contributed by atoms with van der Waals surface area (Å²) in [6, 6.07) is 11.1. The van der Waals surface area contributed by atoms with E-state index in [1.807, 2.05) is 31.3 Å². The van der Waals surface area contributed by atoms with E-state index < -0.39 is 0 Å². The molecule has 0 amide bonds. The molecule has 2 aliphatic rings. The van der Waals surface area contributed by atoms with Crippen LogP contribution in [0, 0.1) is 11.3 Å². The summed E-state index contributed by atoms with van der Waals surface area (Å²) in [7, 11) is 1.81. The molecule has 1 aliphatic heterocycles. The number of nitrogens with one attached hydrogen (secondary N) is 2. The molecule has 2 N–H and O–H groups in total. The van der Waals surface area contributed by atoms with Crippen LogP contribution in [-0.2, 0) is 6.54 Å². The molecule has 136 valence electrons. The Hall–Kier alpha value is -1.33. The molecule has 1 aromatic rings. The predicted molar refractivity (Wildman–Crippen MR) is 112 cm³/mol. The van der Waals surface area contributed by atoms with Crippen molar-refractivity contribution >= 4 is 29.9 Å². The van der Waals surface area contributed by atoms with Crippen LogP contribution in [-0.4, -0.2) is 43.1 Å². The molecule has 0 spiro atoms. The third-order valence-electron chi connectivity index (χ3n) is 5.14. The largest absolute Gasteiger partial charge is 0.352 e. The van der Waals surface area contributed by atoms with Gasteiger partial charge in [-0.3, -0.25) is 9.89 Å². The molecule has 0 bridgehead atoms. The Labute approximate surface area is 167 Å². The van der Waals surface area contributed by atoms with Crippen LogP contribution in [0.15, 0.2) is 29.3 Å². The molecule has 6 heteroatoms. The summed E-state index contributed by atoms with van der Waals surface area (Å²) in [6.07, 6.45) is 6.71. The number of guanidine groups is 1. The summed E-state index contributed by atoms with van der Waals surface area (Å²) in [5, 5.41) is 15.9. The van der Waals surface area contributed by atoms with Crippen molar-refractivity contribution < 1.29 is 0 Å². The van der Waals surface area contributed by atoms with Gasteiger partial charge in [0.2, 0.25) is 0 Å². The van der Waals surface area contributed by atoms with Gasteiger partial charge in [-0.05, 0) is 37.0 Å². The second-order valence-electron chi connectivity index (χ2n) is 6.80. The van der Waals surface area contributed by atoms with Crippen molar-refractivity contribution in [2.45, 2.75) is 50.7 Å². The van der Waals surface area contributed by atoms with Crippen LogP contribution < -0.4 is 10.6 Å². The van der Waals surface area contributed by atoms with Crippen molar-refractivity contribution in [3.63, 3.8) is 0 Å². The Morgan fingerprint density at radius 2 is 2.12 bits per heavy atom. The predicted octanol–water partition coefficient (Wildman–Crippen LogP) is 2.86. The highest BCUT2D eigenvalue weighted by molar-refractivity contribution is 14.0. The highest BCUT2D eigenvalue weighted by atomic mass is 127. The van der Waals surface area contributed by atoms with Crippen molar-refractivity contribution in [1.82, 2.24) is 15.5 Å². The third kappa shape index (κ3) is 5.58. The van der Waals surface area contributed by atoms with Crippen LogP contribution in [0.1, 0.15) is 43.2 Å². The maximum Gasteiger partial charge on any atom is 0.191 e. The van der Waals surface area contributed by atoms with Crippen LogP contribution >= 0.6 is 24.0 Å². The molecule has 5 nitrogen and oxygen atoms in total. The molecule has 1 aliphatic carbocycles. The summed E-state index contributed by atoms with van der Waals surface area (Å²) < 4.78 is 0. The molecule has 1 heterocycles. The zero-order chi connectivity index (χ0) is 16.8. The highest BCUT2D eigenvalue weighted by Gasteiger charge is 2.30. The quantitative estimate of drug-likeness (QED) is 0.418. The average molecular weight is 453 g/mol. The zero-order valence-electron chi connectivity index (χ0n) is 14.9. The number of rotatable bonds is 4. The van der Waals surface area contributed by atoms with E-state index in [-0.39, 0.29) is 24.0 Å². The van der Waals surface area contributed by atoms with Crippen molar-refractivity contribution in [2.75, 3.05) is 20.1 Å². The van der Waals surface area contributed by atoms with Gasteiger partial charge in [-0.25, -0.2) is 0 Å². The number of benzene rings is 1. The molecular formula is C19H28IN5. The lowest BCUT2D eigenvalue weighted by atomic mass is 10.1. The average Bonchev–Trinajstić information content (AvgIpc) is 3.30. The molecular weight excluding hydrogens is 425 g/mol. The molecule has 2 fully saturated rings. The Bertz CT molecular complexity index is 618. The number of nitrogens with zero attached hydrogens (tertiary/aromatic N) is 3. The highest BCUT2D eigenvalue weighted by Crippen LogP contribution is 2.26. The fourth-order valence-corrected chi connectivity index (χ4v) is 3.83. The summed E-state index contributed by atoms with van der Waals surface area (Å²) in [5.74, 6) is 0.843. The lowest BCUT2D eigenvalue weighted by molar-refractivity contribution is 0.242. The van der Waals surface area contributed by atoms with Crippen LogP contribution in [0.3, 0.4) is 0 Å². The molecule has 3 rings (SSSR count). The van der Waals surface area contributed by atoms with E-state index >= 15 is 0 Å². The Balaban J connectivity index is 0.00000225. The zero-order valence-corrected chi connectivity index (χ0v) is 17.2.